The quantitative estimate of drug-likeness (QED) is 0.731. The minimum atomic E-state index is -4.50. The highest BCUT2D eigenvalue weighted by Crippen LogP contribution is 2.30. The number of pyridine rings is 1. The van der Waals surface area contributed by atoms with Gasteiger partial charge in [0.1, 0.15) is 0 Å². The summed E-state index contributed by atoms with van der Waals surface area (Å²) in [6, 6.07) is 11.7. The van der Waals surface area contributed by atoms with Gasteiger partial charge in [-0.15, -0.1) is 0 Å². The largest absolute Gasteiger partial charge is 0.416 e. The summed E-state index contributed by atoms with van der Waals surface area (Å²) in [4.78, 5) is 26.2. The molecule has 0 unspecified atom stereocenters. The third-order valence-electron chi connectivity index (χ3n) is 3.44. The van der Waals surface area contributed by atoms with Gasteiger partial charge in [-0.05, 0) is 41.8 Å². The highest BCUT2D eigenvalue weighted by Gasteiger charge is 2.30. The van der Waals surface area contributed by atoms with E-state index < -0.39 is 17.5 Å². The van der Waals surface area contributed by atoms with E-state index in [1.807, 2.05) is 0 Å². The molecule has 0 aliphatic rings. The third-order valence-corrected chi connectivity index (χ3v) is 3.44. The first-order valence-corrected chi connectivity index (χ1v) is 6.70. The van der Waals surface area contributed by atoms with Crippen molar-refractivity contribution in [1.82, 2.24) is 4.98 Å². The second-order valence-electron chi connectivity index (χ2n) is 5.03. The summed E-state index contributed by atoms with van der Waals surface area (Å²) < 4.78 is 38.2. The lowest BCUT2D eigenvalue weighted by Crippen LogP contribution is -2.08. The number of benzene rings is 2. The molecule has 3 aromatic rings. The maximum Gasteiger partial charge on any atom is 0.416 e. The Hall–Kier alpha value is -2.89. The third kappa shape index (κ3) is 3.01. The molecule has 1 heterocycles. The number of aromatic amines is 1. The summed E-state index contributed by atoms with van der Waals surface area (Å²) in [6.45, 7) is 0. The fourth-order valence-electron chi connectivity index (χ4n) is 2.30. The van der Waals surface area contributed by atoms with Crippen molar-refractivity contribution in [3.05, 3.63) is 81.6 Å². The van der Waals surface area contributed by atoms with Crippen molar-refractivity contribution in [3.8, 4) is 0 Å². The number of fused-ring (bicyclic) bond motifs is 1. The van der Waals surface area contributed by atoms with Gasteiger partial charge in [0.15, 0.2) is 5.78 Å². The van der Waals surface area contributed by atoms with Crippen LogP contribution in [0.1, 0.15) is 21.5 Å². The first-order valence-electron chi connectivity index (χ1n) is 6.70. The molecule has 2 aromatic carbocycles. The molecule has 0 atom stereocenters. The zero-order valence-electron chi connectivity index (χ0n) is 11.6. The second-order valence-corrected chi connectivity index (χ2v) is 5.03. The van der Waals surface area contributed by atoms with Gasteiger partial charge in [-0.2, -0.15) is 13.2 Å². The molecule has 0 bridgehead atoms. The molecule has 0 spiro atoms. The number of carbonyl (C=O) groups excluding carboxylic acids is 1. The van der Waals surface area contributed by atoms with Crippen LogP contribution in [0.15, 0.2) is 59.4 Å². The molecule has 1 aromatic heterocycles. The van der Waals surface area contributed by atoms with Gasteiger partial charge in [-0.3, -0.25) is 9.59 Å². The number of nitrogens with one attached hydrogen (secondary N) is 1. The Labute approximate surface area is 128 Å². The number of ketones is 1. The van der Waals surface area contributed by atoms with Gasteiger partial charge in [0.05, 0.1) is 5.56 Å². The van der Waals surface area contributed by atoms with Gasteiger partial charge >= 0.3 is 6.18 Å². The number of hydrogen-bond donors (Lipinski definition) is 1. The topological polar surface area (TPSA) is 49.9 Å². The van der Waals surface area contributed by atoms with Gasteiger partial charge < -0.3 is 4.98 Å². The Bertz CT molecular complexity index is 958. The summed E-state index contributed by atoms with van der Waals surface area (Å²) in [7, 11) is 0. The Balaban J connectivity index is 2.03. The number of H-pyrrole nitrogens is 1. The lowest BCUT2D eigenvalue weighted by Gasteiger charge is -2.08. The zero-order chi connectivity index (χ0) is 16.6. The predicted octanol–water partition coefficient (Wildman–Crippen LogP) is 3.78. The molecule has 1 N–H and O–H groups in total. The van der Waals surface area contributed by atoms with E-state index in [9.17, 15) is 22.8 Å². The molecule has 6 heteroatoms. The number of alkyl halides is 3. The normalized spacial score (nSPS) is 11.6. The van der Waals surface area contributed by atoms with Gasteiger partial charge in [-0.1, -0.05) is 12.1 Å². The van der Waals surface area contributed by atoms with Crippen LogP contribution < -0.4 is 5.56 Å². The van der Waals surface area contributed by atoms with Gasteiger partial charge in [0.25, 0.3) is 0 Å². The molecule has 0 aliphatic heterocycles. The molecule has 0 aliphatic carbocycles. The van der Waals surface area contributed by atoms with E-state index in [1.54, 1.807) is 12.1 Å². The molecule has 0 fully saturated rings. The summed E-state index contributed by atoms with van der Waals surface area (Å²) in [5.41, 5.74) is -0.367. The molecule has 0 saturated heterocycles. The molecule has 0 radical (unpaired) electrons. The van der Waals surface area contributed by atoms with Crippen molar-refractivity contribution in [2.45, 2.75) is 6.18 Å². The van der Waals surface area contributed by atoms with Crippen LogP contribution in [0.25, 0.3) is 10.9 Å². The molecular weight excluding hydrogens is 307 g/mol. The van der Waals surface area contributed by atoms with Crippen LogP contribution >= 0.6 is 0 Å². The smallest absolute Gasteiger partial charge is 0.322 e. The first-order chi connectivity index (χ1) is 10.8. The van der Waals surface area contributed by atoms with Crippen molar-refractivity contribution in [2.75, 3.05) is 0 Å². The minimum absolute atomic E-state index is 0.0383. The molecular formula is C17H10F3NO2. The van der Waals surface area contributed by atoms with Crippen LogP contribution in [-0.4, -0.2) is 10.8 Å². The Morgan fingerprint density at radius 1 is 0.913 bits per heavy atom. The Morgan fingerprint density at radius 2 is 1.65 bits per heavy atom. The number of aromatic nitrogens is 1. The van der Waals surface area contributed by atoms with E-state index in [-0.39, 0.29) is 16.7 Å². The predicted molar refractivity (Wildman–Crippen MR) is 79.4 cm³/mol. The Morgan fingerprint density at radius 3 is 2.39 bits per heavy atom. The summed E-state index contributed by atoms with van der Waals surface area (Å²) in [5.74, 6) is -0.510. The van der Waals surface area contributed by atoms with Crippen molar-refractivity contribution in [1.29, 1.82) is 0 Å². The summed E-state index contributed by atoms with van der Waals surface area (Å²) in [6.07, 6.45) is -4.50. The maximum atomic E-state index is 12.7. The van der Waals surface area contributed by atoms with Crippen molar-refractivity contribution < 1.29 is 18.0 Å². The molecule has 3 rings (SSSR count). The monoisotopic (exact) mass is 317 g/mol. The van der Waals surface area contributed by atoms with Crippen molar-refractivity contribution in [2.24, 2.45) is 0 Å². The number of rotatable bonds is 2. The van der Waals surface area contributed by atoms with Crippen LogP contribution in [0.5, 0.6) is 0 Å². The fourth-order valence-corrected chi connectivity index (χ4v) is 2.30. The van der Waals surface area contributed by atoms with Crippen LogP contribution in [-0.2, 0) is 6.18 Å². The van der Waals surface area contributed by atoms with Gasteiger partial charge in [0, 0.05) is 22.7 Å². The summed E-state index contributed by atoms with van der Waals surface area (Å²) in [5, 5.41) is 0.627. The maximum absolute atomic E-state index is 12.7. The standard InChI is InChI=1S/C17H10F3NO2/c18-17(19,20)13-3-1-2-11(9-13)16(23)12-4-6-14-10(8-12)5-7-15(22)21-14/h1-9H,(H,21,22). The lowest BCUT2D eigenvalue weighted by molar-refractivity contribution is -0.137. The van der Waals surface area contributed by atoms with E-state index in [2.05, 4.69) is 4.98 Å². The molecule has 23 heavy (non-hydrogen) atoms. The zero-order valence-corrected chi connectivity index (χ0v) is 11.6. The van der Waals surface area contributed by atoms with E-state index >= 15 is 0 Å². The molecule has 3 nitrogen and oxygen atoms in total. The lowest BCUT2D eigenvalue weighted by atomic mass is 10.00. The second kappa shape index (κ2) is 5.39. The first kappa shape index (κ1) is 15.0. The fraction of sp³-hybridized carbons (Fsp3) is 0.0588. The van der Waals surface area contributed by atoms with Gasteiger partial charge in [0.2, 0.25) is 5.56 Å². The Kier molecular flexibility index (Phi) is 3.52. The van der Waals surface area contributed by atoms with Crippen LogP contribution in [0.2, 0.25) is 0 Å². The van der Waals surface area contributed by atoms with Gasteiger partial charge in [-0.25, -0.2) is 0 Å². The molecule has 0 amide bonds. The molecule has 116 valence electrons. The summed E-state index contributed by atoms with van der Waals surface area (Å²) >= 11 is 0. The van der Waals surface area contributed by atoms with Crippen molar-refractivity contribution >= 4 is 16.7 Å². The highest BCUT2D eigenvalue weighted by atomic mass is 19.4. The van der Waals surface area contributed by atoms with Crippen LogP contribution in [0.3, 0.4) is 0 Å². The number of halogens is 3. The van der Waals surface area contributed by atoms with E-state index in [1.165, 1.54) is 30.3 Å². The highest BCUT2D eigenvalue weighted by molar-refractivity contribution is 6.10. The average molecular weight is 317 g/mol. The minimum Gasteiger partial charge on any atom is -0.322 e. The van der Waals surface area contributed by atoms with Crippen LogP contribution in [0, 0.1) is 0 Å². The van der Waals surface area contributed by atoms with E-state index in [4.69, 9.17) is 0 Å². The molecule has 0 saturated carbocycles. The van der Waals surface area contributed by atoms with Crippen LogP contribution in [0.4, 0.5) is 13.2 Å². The SMILES string of the molecule is O=C(c1cccc(C(F)(F)F)c1)c1ccc2[nH]c(=O)ccc2c1. The van der Waals surface area contributed by atoms with E-state index in [0.29, 0.717) is 10.9 Å². The number of hydrogen-bond acceptors (Lipinski definition) is 2. The van der Waals surface area contributed by atoms with Crippen molar-refractivity contribution in [3.63, 3.8) is 0 Å². The van der Waals surface area contributed by atoms with E-state index in [0.717, 1.165) is 12.1 Å². The average Bonchev–Trinajstić information content (AvgIpc) is 2.53. The number of carbonyl (C=O) groups is 1.